The van der Waals surface area contributed by atoms with Crippen LogP contribution in [0.1, 0.15) is 38.2 Å². The van der Waals surface area contributed by atoms with Gasteiger partial charge in [0.05, 0.1) is 23.8 Å². The molecule has 0 bridgehead atoms. The van der Waals surface area contributed by atoms with Crippen LogP contribution >= 0.6 is 11.6 Å². The lowest BCUT2D eigenvalue weighted by atomic mass is 10.0. The number of methoxy groups -OCH3 is 1. The molecule has 0 unspecified atom stereocenters. The van der Waals surface area contributed by atoms with Crippen LogP contribution < -0.4 is 25.6 Å². The third-order valence-corrected chi connectivity index (χ3v) is 7.99. The van der Waals surface area contributed by atoms with Crippen molar-refractivity contribution < 1.29 is 4.74 Å². The molecule has 3 aromatic carbocycles. The van der Waals surface area contributed by atoms with Crippen molar-refractivity contribution in [2.75, 3.05) is 54.1 Å². The largest absolute Gasteiger partial charge is 0.497 e. The molecule has 10 heteroatoms. The summed E-state index contributed by atoms with van der Waals surface area (Å²) in [7, 11) is 1.66. The number of pyridine rings is 1. The second-order valence-electron chi connectivity index (χ2n) is 10.7. The number of hydrogen-bond acceptors (Lipinski definition) is 9. The molecule has 1 fully saturated rings. The van der Waals surface area contributed by atoms with E-state index in [9.17, 15) is 0 Å². The van der Waals surface area contributed by atoms with Crippen molar-refractivity contribution in [1.82, 2.24) is 19.9 Å². The monoisotopic (exact) mass is 596 g/mol. The van der Waals surface area contributed by atoms with Gasteiger partial charge in [-0.1, -0.05) is 24.6 Å². The fourth-order valence-electron chi connectivity index (χ4n) is 5.42. The average Bonchev–Trinajstić information content (AvgIpc) is 3.04. The molecule has 1 aliphatic rings. The van der Waals surface area contributed by atoms with Crippen LogP contribution in [0.25, 0.3) is 21.8 Å². The number of ether oxygens (including phenoxy) is 1. The molecule has 0 saturated carbocycles. The third kappa shape index (κ3) is 6.83. The van der Waals surface area contributed by atoms with Gasteiger partial charge in [0.1, 0.15) is 5.75 Å². The number of halogens is 1. The predicted molar refractivity (Wildman–Crippen MR) is 177 cm³/mol. The van der Waals surface area contributed by atoms with Gasteiger partial charge >= 0.3 is 0 Å². The number of benzene rings is 3. The molecule has 0 aliphatic carbocycles. The molecule has 43 heavy (non-hydrogen) atoms. The van der Waals surface area contributed by atoms with Crippen molar-refractivity contribution in [3.05, 3.63) is 71.2 Å². The van der Waals surface area contributed by atoms with Gasteiger partial charge in [-0.15, -0.1) is 0 Å². The van der Waals surface area contributed by atoms with Crippen LogP contribution in [0.5, 0.6) is 5.75 Å². The number of hydrogen-bond donors (Lipinski definition) is 3. The molecule has 9 nitrogen and oxygen atoms in total. The van der Waals surface area contributed by atoms with Gasteiger partial charge < -0.3 is 25.6 Å². The third-order valence-electron chi connectivity index (χ3n) is 7.76. The van der Waals surface area contributed by atoms with Gasteiger partial charge in [-0.2, -0.15) is 15.0 Å². The van der Waals surface area contributed by atoms with Gasteiger partial charge in [0, 0.05) is 47.7 Å². The van der Waals surface area contributed by atoms with Gasteiger partial charge in [-0.3, -0.25) is 0 Å². The van der Waals surface area contributed by atoms with Gasteiger partial charge in [-0.25, -0.2) is 4.98 Å². The zero-order chi connectivity index (χ0) is 29.6. The maximum absolute atomic E-state index is 6.31. The normalized spacial score (nSPS) is 13.3. The lowest BCUT2D eigenvalue weighted by Crippen LogP contribution is -2.31. The summed E-state index contributed by atoms with van der Waals surface area (Å²) >= 11 is 6.31. The molecule has 1 aliphatic heterocycles. The molecule has 5 aromatic rings. The van der Waals surface area contributed by atoms with Crippen molar-refractivity contribution in [2.45, 2.75) is 39.0 Å². The van der Waals surface area contributed by atoms with Crippen molar-refractivity contribution in [3.8, 4) is 5.75 Å². The van der Waals surface area contributed by atoms with Crippen LogP contribution in [0.15, 0.2) is 60.7 Å². The van der Waals surface area contributed by atoms with Crippen molar-refractivity contribution in [2.24, 2.45) is 0 Å². The molecule has 0 atom stereocenters. The summed E-state index contributed by atoms with van der Waals surface area (Å²) in [6, 6.07) is 20.1. The Kier molecular flexibility index (Phi) is 8.88. The van der Waals surface area contributed by atoms with E-state index in [1.807, 2.05) is 42.5 Å². The highest BCUT2D eigenvalue weighted by Crippen LogP contribution is 2.33. The molecule has 3 heterocycles. The number of nitrogens with zero attached hydrogens (tertiary/aromatic N) is 5. The first-order valence-electron chi connectivity index (χ1n) is 15.0. The molecular weight excluding hydrogens is 560 g/mol. The quantitative estimate of drug-likeness (QED) is 0.106. The second-order valence-corrected chi connectivity index (χ2v) is 11.2. The topological polar surface area (TPSA) is 100 Å². The van der Waals surface area contributed by atoms with E-state index >= 15 is 0 Å². The second kappa shape index (κ2) is 13.3. The summed E-state index contributed by atoms with van der Waals surface area (Å²) < 4.78 is 5.29. The highest BCUT2D eigenvalue weighted by molar-refractivity contribution is 6.31. The van der Waals surface area contributed by atoms with E-state index < -0.39 is 0 Å². The molecule has 222 valence electrons. The smallest absolute Gasteiger partial charge is 0.233 e. The van der Waals surface area contributed by atoms with Crippen molar-refractivity contribution >= 4 is 62.6 Å². The number of anilines is 5. The maximum atomic E-state index is 6.31. The molecule has 6 rings (SSSR count). The lowest BCUT2D eigenvalue weighted by molar-refractivity contribution is 0.415. The van der Waals surface area contributed by atoms with E-state index in [1.54, 1.807) is 7.11 Å². The van der Waals surface area contributed by atoms with E-state index in [0.717, 1.165) is 84.2 Å². The summed E-state index contributed by atoms with van der Waals surface area (Å²) in [5.74, 6) is 2.58. The Bertz CT molecular complexity index is 1710. The number of fused-ring (bicyclic) bond motifs is 2. The van der Waals surface area contributed by atoms with Crippen LogP contribution in [-0.2, 0) is 6.42 Å². The molecule has 0 radical (unpaired) electrons. The van der Waals surface area contributed by atoms with Crippen molar-refractivity contribution in [1.29, 1.82) is 0 Å². The fraction of sp³-hybridized carbons (Fsp3) is 0.333. The van der Waals surface area contributed by atoms with Gasteiger partial charge in [-0.05, 0) is 92.3 Å². The van der Waals surface area contributed by atoms with E-state index in [2.05, 4.69) is 51.0 Å². The SMILES string of the molecule is CCc1ccc2nc3cc(Cl)ccc3c(NCCCNc3nc(Nc4ccc(OC)cc4)nc(N4CCCCC4)n3)c2c1. The highest BCUT2D eigenvalue weighted by atomic mass is 35.5. The number of rotatable bonds is 11. The molecule has 2 aromatic heterocycles. The van der Waals surface area contributed by atoms with E-state index in [4.69, 9.17) is 31.3 Å². The van der Waals surface area contributed by atoms with Crippen LogP contribution in [0, 0.1) is 0 Å². The van der Waals surface area contributed by atoms with Gasteiger partial charge in [0.2, 0.25) is 17.8 Å². The molecular formula is C33H37ClN8O. The molecule has 0 spiro atoms. The summed E-state index contributed by atoms with van der Waals surface area (Å²) in [4.78, 5) is 21.3. The summed E-state index contributed by atoms with van der Waals surface area (Å²) in [5, 5.41) is 13.3. The standard InChI is InChI=1S/C33H37ClN8O/c1-3-22-8-15-28-27(20-22)30(26-14-9-23(34)21-29(26)38-28)35-16-7-17-36-31-39-32(37-24-10-12-25(43-2)13-11-24)41-33(40-31)42-18-5-4-6-19-42/h8-15,20-21H,3-7,16-19H2,1-2H3,(H,35,38)(H2,36,37,39,40,41). The zero-order valence-corrected chi connectivity index (χ0v) is 25.4. The van der Waals surface area contributed by atoms with E-state index in [-0.39, 0.29) is 0 Å². The summed E-state index contributed by atoms with van der Waals surface area (Å²) in [6.07, 6.45) is 5.36. The number of nitrogens with one attached hydrogen (secondary N) is 3. The van der Waals surface area contributed by atoms with Gasteiger partial charge in [0.15, 0.2) is 0 Å². The Morgan fingerprint density at radius 2 is 1.58 bits per heavy atom. The van der Waals surface area contributed by atoms with Crippen LogP contribution in [0.4, 0.5) is 29.2 Å². The maximum Gasteiger partial charge on any atom is 0.233 e. The first-order chi connectivity index (χ1) is 21.1. The first kappa shape index (κ1) is 28.7. The number of piperidine rings is 1. The average molecular weight is 597 g/mol. The summed E-state index contributed by atoms with van der Waals surface area (Å²) in [6.45, 7) is 5.54. The number of aromatic nitrogens is 4. The van der Waals surface area contributed by atoms with Crippen LogP contribution in [0.3, 0.4) is 0 Å². The minimum Gasteiger partial charge on any atom is -0.497 e. The first-order valence-corrected chi connectivity index (χ1v) is 15.4. The molecule has 0 amide bonds. The predicted octanol–water partition coefficient (Wildman–Crippen LogP) is 7.45. The fourth-order valence-corrected chi connectivity index (χ4v) is 5.58. The Morgan fingerprint density at radius 1 is 0.791 bits per heavy atom. The Morgan fingerprint density at radius 3 is 2.37 bits per heavy atom. The zero-order valence-electron chi connectivity index (χ0n) is 24.7. The van der Waals surface area contributed by atoms with E-state index in [1.165, 1.54) is 12.0 Å². The molecule has 3 N–H and O–H groups in total. The van der Waals surface area contributed by atoms with E-state index in [0.29, 0.717) is 29.4 Å². The Labute approximate surface area is 257 Å². The highest BCUT2D eigenvalue weighted by Gasteiger charge is 2.17. The Hall–Kier alpha value is -4.37. The Balaban J connectivity index is 1.17. The molecule has 1 saturated heterocycles. The summed E-state index contributed by atoms with van der Waals surface area (Å²) in [5.41, 5.74) is 5.10. The minimum atomic E-state index is 0.515. The van der Waals surface area contributed by atoms with Crippen molar-refractivity contribution in [3.63, 3.8) is 0 Å². The van der Waals surface area contributed by atoms with Gasteiger partial charge in [0.25, 0.3) is 0 Å². The number of aryl methyl sites for hydroxylation is 1. The minimum absolute atomic E-state index is 0.515. The lowest BCUT2D eigenvalue weighted by Gasteiger charge is -2.27. The van der Waals surface area contributed by atoms with Crippen LogP contribution in [0.2, 0.25) is 5.02 Å². The van der Waals surface area contributed by atoms with Crippen LogP contribution in [-0.4, -0.2) is 53.2 Å².